The molecule has 1 heterocycles. The van der Waals surface area contributed by atoms with Crippen LogP contribution in [0.15, 0.2) is 30.6 Å². The van der Waals surface area contributed by atoms with Crippen LogP contribution in [0.5, 0.6) is 0 Å². The summed E-state index contributed by atoms with van der Waals surface area (Å²) >= 11 is 12.0. The van der Waals surface area contributed by atoms with Crippen LogP contribution in [0.1, 0.15) is 5.56 Å². The Morgan fingerprint density at radius 1 is 1.31 bits per heavy atom. The summed E-state index contributed by atoms with van der Waals surface area (Å²) in [4.78, 5) is 0. The average Bonchev–Trinajstić information content (AvgIpc) is 2.67. The summed E-state index contributed by atoms with van der Waals surface area (Å²) < 4.78 is 1.63. The molecule has 0 aliphatic heterocycles. The Kier molecular flexibility index (Phi) is 2.85. The van der Waals surface area contributed by atoms with E-state index < -0.39 is 0 Å². The maximum absolute atomic E-state index is 7.35. The van der Waals surface area contributed by atoms with E-state index in [2.05, 4.69) is 5.10 Å². The summed E-state index contributed by atoms with van der Waals surface area (Å²) in [5.74, 6) is -0.151. The van der Waals surface area contributed by atoms with Crippen LogP contribution in [-0.4, -0.2) is 15.6 Å². The zero-order chi connectivity index (χ0) is 11.7. The molecule has 0 unspecified atom stereocenters. The number of amidine groups is 1. The number of nitrogens with one attached hydrogen (secondary N) is 1. The molecule has 82 valence electrons. The Morgan fingerprint density at radius 2 is 1.94 bits per heavy atom. The molecule has 0 aliphatic rings. The molecule has 0 radical (unpaired) electrons. The highest BCUT2D eigenvalue weighted by Gasteiger charge is 2.11. The van der Waals surface area contributed by atoms with Gasteiger partial charge in [-0.3, -0.25) is 5.41 Å². The second-order valence-corrected chi connectivity index (χ2v) is 3.96. The van der Waals surface area contributed by atoms with Crippen LogP contribution >= 0.6 is 23.2 Å². The van der Waals surface area contributed by atoms with Crippen molar-refractivity contribution >= 4 is 29.0 Å². The quantitative estimate of drug-likeness (QED) is 0.639. The molecule has 0 saturated heterocycles. The van der Waals surface area contributed by atoms with E-state index >= 15 is 0 Å². The Balaban J connectivity index is 2.58. The monoisotopic (exact) mass is 254 g/mol. The summed E-state index contributed by atoms with van der Waals surface area (Å²) in [6.45, 7) is 0. The van der Waals surface area contributed by atoms with Crippen molar-refractivity contribution in [2.24, 2.45) is 5.73 Å². The van der Waals surface area contributed by atoms with Gasteiger partial charge < -0.3 is 5.73 Å². The lowest BCUT2D eigenvalue weighted by molar-refractivity contribution is 0.880. The molecular weight excluding hydrogens is 247 g/mol. The largest absolute Gasteiger partial charge is 0.384 e. The maximum Gasteiger partial charge on any atom is 0.125 e. The Bertz CT molecular complexity index is 511. The lowest BCUT2D eigenvalue weighted by Crippen LogP contribution is -2.13. The zero-order valence-electron chi connectivity index (χ0n) is 8.11. The number of hydrogen-bond donors (Lipinski definition) is 2. The van der Waals surface area contributed by atoms with Gasteiger partial charge in [-0.15, -0.1) is 0 Å². The highest BCUT2D eigenvalue weighted by atomic mass is 35.5. The fourth-order valence-corrected chi connectivity index (χ4v) is 2.05. The van der Waals surface area contributed by atoms with Crippen LogP contribution < -0.4 is 5.73 Å². The minimum Gasteiger partial charge on any atom is -0.384 e. The smallest absolute Gasteiger partial charge is 0.125 e. The van der Waals surface area contributed by atoms with E-state index in [-0.39, 0.29) is 5.84 Å². The fraction of sp³-hybridized carbons (Fsp3) is 0. The van der Waals surface area contributed by atoms with Crippen molar-refractivity contribution in [2.75, 3.05) is 0 Å². The molecule has 0 bridgehead atoms. The molecule has 6 heteroatoms. The molecular formula is C10H8Cl2N4. The molecule has 0 spiro atoms. The lowest BCUT2D eigenvalue weighted by Gasteiger charge is -2.08. The molecule has 4 nitrogen and oxygen atoms in total. The summed E-state index contributed by atoms with van der Waals surface area (Å²) in [7, 11) is 0. The number of hydrogen-bond acceptors (Lipinski definition) is 2. The number of nitrogens with zero attached hydrogens (tertiary/aromatic N) is 2. The molecule has 1 aromatic heterocycles. The van der Waals surface area contributed by atoms with Gasteiger partial charge in [-0.1, -0.05) is 23.2 Å². The van der Waals surface area contributed by atoms with Crippen LogP contribution in [0.4, 0.5) is 0 Å². The van der Waals surface area contributed by atoms with Crippen LogP contribution in [0, 0.1) is 5.41 Å². The molecule has 0 aliphatic carbocycles. The van der Waals surface area contributed by atoms with E-state index in [1.54, 1.807) is 35.3 Å². The van der Waals surface area contributed by atoms with Crippen molar-refractivity contribution in [3.05, 3.63) is 46.2 Å². The minimum atomic E-state index is -0.151. The van der Waals surface area contributed by atoms with Gasteiger partial charge in [0.25, 0.3) is 0 Å². The standard InChI is InChI=1S/C10H8Cl2N4/c11-7-4-6(16-3-1-2-15-16)5-8(12)9(7)10(13)14/h1-5H,(H3,13,14). The highest BCUT2D eigenvalue weighted by Crippen LogP contribution is 2.27. The minimum absolute atomic E-state index is 0.151. The Labute approximate surface area is 102 Å². The van der Waals surface area contributed by atoms with Crippen molar-refractivity contribution in [1.82, 2.24) is 9.78 Å². The lowest BCUT2D eigenvalue weighted by atomic mass is 10.2. The van der Waals surface area contributed by atoms with Crippen LogP contribution in [0.3, 0.4) is 0 Å². The molecule has 2 aromatic rings. The van der Waals surface area contributed by atoms with Gasteiger partial charge in [-0.05, 0) is 18.2 Å². The van der Waals surface area contributed by atoms with Gasteiger partial charge in [0.05, 0.1) is 21.3 Å². The number of halogens is 2. The number of benzene rings is 1. The predicted octanol–water partition coefficient (Wildman–Crippen LogP) is 2.46. The van der Waals surface area contributed by atoms with Gasteiger partial charge in [0.1, 0.15) is 5.84 Å². The molecule has 0 fully saturated rings. The van der Waals surface area contributed by atoms with E-state index in [4.69, 9.17) is 34.3 Å². The van der Waals surface area contributed by atoms with E-state index in [0.29, 0.717) is 15.6 Å². The van der Waals surface area contributed by atoms with Crippen molar-refractivity contribution in [3.63, 3.8) is 0 Å². The van der Waals surface area contributed by atoms with Crippen LogP contribution in [0.25, 0.3) is 5.69 Å². The first-order valence-electron chi connectivity index (χ1n) is 4.43. The molecule has 0 atom stereocenters. The topological polar surface area (TPSA) is 67.7 Å². The van der Waals surface area contributed by atoms with E-state index in [9.17, 15) is 0 Å². The third-order valence-corrected chi connectivity index (χ3v) is 2.66. The van der Waals surface area contributed by atoms with Gasteiger partial charge in [0.2, 0.25) is 0 Å². The molecule has 2 rings (SSSR count). The first kappa shape index (κ1) is 11.0. The number of nitrogens with two attached hydrogens (primary N) is 1. The van der Waals surface area contributed by atoms with Gasteiger partial charge in [0.15, 0.2) is 0 Å². The van der Waals surface area contributed by atoms with E-state index in [1.807, 2.05) is 0 Å². The summed E-state index contributed by atoms with van der Waals surface area (Å²) in [5, 5.41) is 12.1. The first-order valence-corrected chi connectivity index (χ1v) is 5.18. The van der Waals surface area contributed by atoms with Crippen LogP contribution in [0.2, 0.25) is 10.0 Å². The molecule has 16 heavy (non-hydrogen) atoms. The summed E-state index contributed by atoms with van der Waals surface area (Å²) in [5.41, 5.74) is 6.45. The third kappa shape index (κ3) is 1.89. The zero-order valence-corrected chi connectivity index (χ0v) is 9.63. The van der Waals surface area contributed by atoms with Crippen molar-refractivity contribution < 1.29 is 0 Å². The third-order valence-electron chi connectivity index (χ3n) is 2.07. The predicted molar refractivity (Wildman–Crippen MR) is 64.6 cm³/mol. The van der Waals surface area contributed by atoms with Gasteiger partial charge >= 0.3 is 0 Å². The van der Waals surface area contributed by atoms with E-state index in [0.717, 1.165) is 5.69 Å². The molecule has 0 amide bonds. The molecule has 1 aromatic carbocycles. The van der Waals surface area contributed by atoms with Gasteiger partial charge in [-0.25, -0.2) is 4.68 Å². The van der Waals surface area contributed by atoms with E-state index in [1.165, 1.54) is 0 Å². The van der Waals surface area contributed by atoms with Crippen molar-refractivity contribution in [3.8, 4) is 5.69 Å². The van der Waals surface area contributed by atoms with Crippen LogP contribution in [-0.2, 0) is 0 Å². The number of aromatic nitrogens is 2. The Hall–Kier alpha value is -1.52. The van der Waals surface area contributed by atoms with Crippen molar-refractivity contribution in [1.29, 1.82) is 5.41 Å². The Morgan fingerprint density at radius 3 is 2.38 bits per heavy atom. The number of rotatable bonds is 2. The van der Waals surface area contributed by atoms with Gasteiger partial charge in [0, 0.05) is 12.4 Å². The normalized spacial score (nSPS) is 10.4. The second-order valence-electron chi connectivity index (χ2n) is 3.15. The molecule has 3 N–H and O–H groups in total. The van der Waals surface area contributed by atoms with Crippen molar-refractivity contribution in [2.45, 2.75) is 0 Å². The summed E-state index contributed by atoms with van der Waals surface area (Å²) in [6.07, 6.45) is 3.43. The first-order chi connectivity index (χ1) is 7.59. The molecule has 0 saturated carbocycles. The second kappa shape index (κ2) is 4.15. The van der Waals surface area contributed by atoms with Gasteiger partial charge in [-0.2, -0.15) is 5.10 Å². The fourth-order valence-electron chi connectivity index (χ4n) is 1.37. The summed E-state index contributed by atoms with van der Waals surface area (Å²) in [6, 6.07) is 5.12. The average molecular weight is 255 g/mol. The highest BCUT2D eigenvalue weighted by molar-refractivity contribution is 6.40. The SMILES string of the molecule is N=C(N)c1c(Cl)cc(-n2cccn2)cc1Cl. The number of nitrogen functional groups attached to an aromatic ring is 1. The maximum atomic E-state index is 7.35.